The molecule has 1 rings (SSSR count). The predicted octanol–water partition coefficient (Wildman–Crippen LogP) is 0.823. The van der Waals surface area contributed by atoms with Crippen molar-refractivity contribution in [2.24, 2.45) is 11.7 Å². The quantitative estimate of drug-likeness (QED) is 0.659. The van der Waals surface area contributed by atoms with Gasteiger partial charge < -0.3 is 15.8 Å². The summed E-state index contributed by atoms with van der Waals surface area (Å²) in [6.07, 6.45) is 7.96. The number of hydrogen-bond acceptors (Lipinski definition) is 3. The zero-order valence-electron chi connectivity index (χ0n) is 9.95. The minimum atomic E-state index is -0.161. The van der Waals surface area contributed by atoms with Crippen LogP contribution < -0.4 is 11.1 Å². The van der Waals surface area contributed by atoms with Crippen molar-refractivity contribution in [1.29, 1.82) is 0 Å². The van der Waals surface area contributed by atoms with Crippen LogP contribution in [-0.2, 0) is 9.53 Å². The van der Waals surface area contributed by atoms with Gasteiger partial charge in [-0.15, -0.1) is 0 Å². The van der Waals surface area contributed by atoms with Crippen molar-refractivity contribution < 1.29 is 9.53 Å². The Bertz CT molecular complexity index is 237. The summed E-state index contributed by atoms with van der Waals surface area (Å²) in [6.45, 7) is 1.15. The molecule has 0 saturated carbocycles. The Kier molecular flexibility index (Phi) is 6.11. The van der Waals surface area contributed by atoms with Gasteiger partial charge in [-0.25, -0.2) is 0 Å². The van der Waals surface area contributed by atoms with Gasteiger partial charge in [0, 0.05) is 20.2 Å². The lowest BCUT2D eigenvalue weighted by atomic mass is 9.94. The number of ether oxygens (including phenoxy) is 1. The van der Waals surface area contributed by atoms with Gasteiger partial charge in [0.15, 0.2) is 0 Å². The number of rotatable bonds is 6. The van der Waals surface area contributed by atoms with E-state index in [9.17, 15) is 4.79 Å². The summed E-state index contributed by atoms with van der Waals surface area (Å²) in [4.78, 5) is 11.5. The maximum atomic E-state index is 11.5. The third-order valence-corrected chi connectivity index (χ3v) is 2.97. The number of nitrogens with two attached hydrogens (primary N) is 1. The first-order valence-corrected chi connectivity index (χ1v) is 5.90. The number of carbonyl (C=O) groups excluding carboxylic acids is 1. The molecule has 0 saturated heterocycles. The second-order valence-corrected chi connectivity index (χ2v) is 4.25. The summed E-state index contributed by atoms with van der Waals surface area (Å²) in [5.74, 6) is 0.625. The van der Waals surface area contributed by atoms with Crippen LogP contribution in [0.3, 0.4) is 0 Å². The van der Waals surface area contributed by atoms with E-state index in [1.54, 1.807) is 7.11 Å². The van der Waals surface area contributed by atoms with E-state index in [0.717, 1.165) is 19.4 Å². The largest absolute Gasteiger partial charge is 0.380 e. The number of nitrogens with one attached hydrogen (secondary N) is 1. The fraction of sp³-hybridized carbons (Fsp3) is 0.750. The van der Waals surface area contributed by atoms with Gasteiger partial charge in [0.25, 0.3) is 0 Å². The SMILES string of the molecule is COC(CN)CC(=O)NCC1CC=CCC1. The van der Waals surface area contributed by atoms with Crippen molar-refractivity contribution in [2.75, 3.05) is 20.2 Å². The highest BCUT2D eigenvalue weighted by Crippen LogP contribution is 2.16. The smallest absolute Gasteiger partial charge is 0.222 e. The third kappa shape index (κ3) is 4.77. The monoisotopic (exact) mass is 226 g/mol. The molecule has 16 heavy (non-hydrogen) atoms. The predicted molar refractivity (Wildman–Crippen MR) is 64.0 cm³/mol. The molecule has 4 heteroatoms. The summed E-state index contributed by atoms with van der Waals surface area (Å²) in [6, 6.07) is 0. The van der Waals surface area contributed by atoms with E-state index < -0.39 is 0 Å². The number of hydrogen-bond donors (Lipinski definition) is 2. The van der Waals surface area contributed by atoms with Gasteiger partial charge in [0.05, 0.1) is 12.5 Å². The Balaban J connectivity index is 2.16. The lowest BCUT2D eigenvalue weighted by molar-refractivity contribution is -0.123. The van der Waals surface area contributed by atoms with Crippen LogP contribution in [0.5, 0.6) is 0 Å². The normalized spacial score (nSPS) is 21.8. The molecule has 2 unspecified atom stereocenters. The van der Waals surface area contributed by atoms with E-state index in [1.165, 1.54) is 6.42 Å². The molecule has 0 spiro atoms. The fourth-order valence-corrected chi connectivity index (χ4v) is 1.84. The Morgan fingerprint density at radius 2 is 2.44 bits per heavy atom. The summed E-state index contributed by atoms with van der Waals surface area (Å²) < 4.78 is 5.06. The van der Waals surface area contributed by atoms with Crippen LogP contribution in [0.15, 0.2) is 12.2 Å². The fourth-order valence-electron chi connectivity index (χ4n) is 1.84. The van der Waals surface area contributed by atoms with Crippen molar-refractivity contribution in [1.82, 2.24) is 5.32 Å². The Hall–Kier alpha value is -0.870. The van der Waals surface area contributed by atoms with Gasteiger partial charge in [-0.2, -0.15) is 0 Å². The van der Waals surface area contributed by atoms with Crippen LogP contribution in [0.25, 0.3) is 0 Å². The minimum Gasteiger partial charge on any atom is -0.380 e. The molecule has 0 aromatic heterocycles. The summed E-state index contributed by atoms with van der Waals surface area (Å²) >= 11 is 0. The van der Waals surface area contributed by atoms with E-state index in [2.05, 4.69) is 17.5 Å². The van der Waals surface area contributed by atoms with Crippen molar-refractivity contribution in [3.63, 3.8) is 0 Å². The maximum Gasteiger partial charge on any atom is 0.222 e. The zero-order chi connectivity index (χ0) is 11.8. The number of amides is 1. The Labute approximate surface area is 97.2 Å². The second kappa shape index (κ2) is 7.41. The maximum absolute atomic E-state index is 11.5. The van der Waals surface area contributed by atoms with Crippen LogP contribution in [0.4, 0.5) is 0 Å². The molecule has 3 N–H and O–H groups in total. The van der Waals surface area contributed by atoms with Crippen LogP contribution >= 0.6 is 0 Å². The highest BCUT2D eigenvalue weighted by atomic mass is 16.5. The third-order valence-electron chi connectivity index (χ3n) is 2.97. The van der Waals surface area contributed by atoms with Crippen molar-refractivity contribution >= 4 is 5.91 Å². The van der Waals surface area contributed by atoms with Gasteiger partial charge in [-0.05, 0) is 25.2 Å². The summed E-state index contributed by atoms with van der Waals surface area (Å²) in [5.41, 5.74) is 5.46. The summed E-state index contributed by atoms with van der Waals surface area (Å²) in [5, 5.41) is 2.94. The topological polar surface area (TPSA) is 64.3 Å². The number of methoxy groups -OCH3 is 1. The molecule has 0 fully saturated rings. The van der Waals surface area contributed by atoms with E-state index in [0.29, 0.717) is 18.9 Å². The van der Waals surface area contributed by atoms with Gasteiger partial charge in [0.1, 0.15) is 0 Å². The van der Waals surface area contributed by atoms with E-state index in [1.807, 2.05) is 0 Å². The van der Waals surface area contributed by atoms with Gasteiger partial charge >= 0.3 is 0 Å². The van der Waals surface area contributed by atoms with Crippen LogP contribution in [-0.4, -0.2) is 32.2 Å². The standard InChI is InChI=1S/C12H22N2O2/c1-16-11(8-13)7-12(15)14-9-10-5-3-2-4-6-10/h2-3,10-11H,4-9,13H2,1H3,(H,14,15). The van der Waals surface area contributed by atoms with Crippen molar-refractivity contribution in [3.8, 4) is 0 Å². The lowest BCUT2D eigenvalue weighted by Gasteiger charge is -2.19. The van der Waals surface area contributed by atoms with Crippen molar-refractivity contribution in [3.05, 3.63) is 12.2 Å². The summed E-state index contributed by atoms with van der Waals surface area (Å²) in [7, 11) is 1.58. The zero-order valence-corrected chi connectivity index (χ0v) is 9.95. The Morgan fingerprint density at radius 1 is 1.62 bits per heavy atom. The molecule has 4 nitrogen and oxygen atoms in total. The molecule has 0 aromatic rings. The molecule has 2 atom stereocenters. The van der Waals surface area contributed by atoms with Gasteiger partial charge in [0.2, 0.25) is 5.91 Å². The molecule has 0 heterocycles. The number of carbonyl (C=O) groups is 1. The van der Waals surface area contributed by atoms with Gasteiger partial charge in [-0.1, -0.05) is 12.2 Å². The van der Waals surface area contributed by atoms with Crippen LogP contribution in [0, 0.1) is 5.92 Å². The first-order valence-electron chi connectivity index (χ1n) is 5.90. The molecule has 92 valence electrons. The highest BCUT2D eigenvalue weighted by Gasteiger charge is 2.14. The molecular formula is C12H22N2O2. The lowest BCUT2D eigenvalue weighted by Crippen LogP contribution is -2.34. The van der Waals surface area contributed by atoms with E-state index in [-0.39, 0.29) is 12.0 Å². The molecule has 0 radical (unpaired) electrons. The number of allylic oxidation sites excluding steroid dienone is 2. The average molecular weight is 226 g/mol. The molecule has 0 bridgehead atoms. The molecule has 0 aromatic carbocycles. The average Bonchev–Trinajstić information content (AvgIpc) is 2.34. The molecule has 1 aliphatic rings. The van der Waals surface area contributed by atoms with Crippen LogP contribution in [0.1, 0.15) is 25.7 Å². The van der Waals surface area contributed by atoms with Gasteiger partial charge in [-0.3, -0.25) is 4.79 Å². The minimum absolute atomic E-state index is 0.0341. The Morgan fingerprint density at radius 3 is 3.00 bits per heavy atom. The molecule has 0 aliphatic heterocycles. The van der Waals surface area contributed by atoms with Crippen LogP contribution in [0.2, 0.25) is 0 Å². The highest BCUT2D eigenvalue weighted by molar-refractivity contribution is 5.76. The van der Waals surface area contributed by atoms with E-state index in [4.69, 9.17) is 10.5 Å². The first kappa shape index (κ1) is 13.2. The molecule has 1 aliphatic carbocycles. The molecular weight excluding hydrogens is 204 g/mol. The molecule has 1 amide bonds. The van der Waals surface area contributed by atoms with E-state index >= 15 is 0 Å². The first-order chi connectivity index (χ1) is 7.76. The second-order valence-electron chi connectivity index (χ2n) is 4.25. The van der Waals surface area contributed by atoms with Crippen molar-refractivity contribution in [2.45, 2.75) is 31.8 Å².